The van der Waals surface area contributed by atoms with Crippen molar-refractivity contribution < 1.29 is 37.0 Å². The van der Waals surface area contributed by atoms with Crippen LogP contribution in [0.4, 0.5) is 17.6 Å². The fourth-order valence-corrected chi connectivity index (χ4v) is 4.01. The van der Waals surface area contributed by atoms with Gasteiger partial charge in [0.2, 0.25) is 0 Å². The molecular weight excluding hydrogens is 464 g/mol. The number of hydrogen-bond donors (Lipinski definition) is 2. The van der Waals surface area contributed by atoms with Crippen LogP contribution < -0.4 is 15.0 Å². The molecule has 0 aliphatic heterocycles. The lowest BCUT2D eigenvalue weighted by Crippen LogP contribution is -2.14. The zero-order chi connectivity index (χ0) is 24.6. The SMILES string of the molecule is C/C=C(\C=C/NOC)CC(c1ccc(OC(F)F)c(OC(F)F)c1)c1cnc(C(C)(C)O)s1. The Bertz CT molecular complexity index is 958. The lowest BCUT2D eigenvalue weighted by molar-refractivity contribution is -0.0692. The van der Waals surface area contributed by atoms with Gasteiger partial charge in [-0.2, -0.15) is 17.6 Å². The van der Waals surface area contributed by atoms with E-state index in [2.05, 4.69) is 19.9 Å². The Morgan fingerprint density at radius 3 is 2.39 bits per heavy atom. The Morgan fingerprint density at radius 1 is 1.18 bits per heavy atom. The summed E-state index contributed by atoms with van der Waals surface area (Å²) in [5.41, 5.74) is 2.81. The third kappa shape index (κ3) is 8.02. The summed E-state index contributed by atoms with van der Waals surface area (Å²) in [6.07, 6.45) is 7.24. The summed E-state index contributed by atoms with van der Waals surface area (Å²) in [6, 6.07) is 3.93. The van der Waals surface area contributed by atoms with Crippen molar-refractivity contribution in [2.45, 2.75) is 51.9 Å². The molecule has 0 aliphatic rings. The minimum Gasteiger partial charge on any atom is -0.431 e. The van der Waals surface area contributed by atoms with E-state index in [1.807, 2.05) is 13.0 Å². The highest BCUT2D eigenvalue weighted by molar-refractivity contribution is 7.11. The molecule has 0 amide bonds. The molecule has 1 aromatic heterocycles. The van der Waals surface area contributed by atoms with Crippen LogP contribution in [-0.4, -0.2) is 30.4 Å². The van der Waals surface area contributed by atoms with Crippen molar-refractivity contribution in [3.05, 3.63) is 63.8 Å². The van der Waals surface area contributed by atoms with E-state index < -0.39 is 36.2 Å². The number of ether oxygens (including phenoxy) is 2. The van der Waals surface area contributed by atoms with Crippen LogP contribution in [0.15, 0.2) is 48.3 Å². The van der Waals surface area contributed by atoms with E-state index >= 15 is 0 Å². The molecule has 0 aliphatic carbocycles. The van der Waals surface area contributed by atoms with Crippen molar-refractivity contribution in [3.63, 3.8) is 0 Å². The summed E-state index contributed by atoms with van der Waals surface area (Å²) >= 11 is 1.27. The fraction of sp³-hybridized carbons (Fsp3) is 0.409. The highest BCUT2D eigenvalue weighted by atomic mass is 32.1. The Kier molecular flexibility index (Phi) is 9.69. The molecule has 2 N–H and O–H groups in total. The number of alkyl halides is 4. The minimum atomic E-state index is -3.22. The second-order valence-corrected chi connectivity index (χ2v) is 8.43. The van der Waals surface area contributed by atoms with Crippen molar-refractivity contribution in [2.75, 3.05) is 7.11 Å². The summed E-state index contributed by atoms with van der Waals surface area (Å²) in [7, 11) is 1.46. The van der Waals surface area contributed by atoms with E-state index in [4.69, 9.17) is 4.84 Å². The number of hydrogen-bond acceptors (Lipinski definition) is 7. The molecule has 2 rings (SSSR count). The van der Waals surface area contributed by atoms with Gasteiger partial charge in [0.05, 0.1) is 7.11 Å². The summed E-state index contributed by atoms with van der Waals surface area (Å²) in [5, 5.41) is 10.8. The van der Waals surface area contributed by atoms with Crippen LogP contribution in [0, 0.1) is 0 Å². The third-order valence-electron chi connectivity index (χ3n) is 4.49. The van der Waals surface area contributed by atoms with Crippen molar-refractivity contribution in [1.82, 2.24) is 10.5 Å². The number of thiazole rings is 1. The Hall–Kier alpha value is -2.63. The second-order valence-electron chi connectivity index (χ2n) is 7.37. The van der Waals surface area contributed by atoms with Gasteiger partial charge in [-0.1, -0.05) is 12.1 Å². The van der Waals surface area contributed by atoms with E-state index in [0.29, 0.717) is 17.0 Å². The van der Waals surface area contributed by atoms with Gasteiger partial charge in [0, 0.05) is 23.2 Å². The average molecular weight is 491 g/mol. The van der Waals surface area contributed by atoms with Gasteiger partial charge in [-0.25, -0.2) is 4.98 Å². The first-order valence-corrected chi connectivity index (χ1v) is 10.7. The summed E-state index contributed by atoms with van der Waals surface area (Å²) in [4.78, 5) is 9.82. The molecule has 11 heteroatoms. The molecule has 0 radical (unpaired) electrons. The molecule has 1 atom stereocenters. The van der Waals surface area contributed by atoms with Crippen LogP contribution in [0.5, 0.6) is 11.5 Å². The number of benzene rings is 1. The van der Waals surface area contributed by atoms with Gasteiger partial charge < -0.3 is 14.6 Å². The first-order chi connectivity index (χ1) is 15.5. The quantitative estimate of drug-likeness (QED) is 0.226. The van der Waals surface area contributed by atoms with Gasteiger partial charge in [-0.15, -0.1) is 11.3 Å². The van der Waals surface area contributed by atoms with Crippen LogP contribution >= 0.6 is 11.3 Å². The largest absolute Gasteiger partial charge is 0.431 e. The Morgan fingerprint density at radius 2 is 1.85 bits per heavy atom. The molecule has 2 aromatic rings. The summed E-state index contributed by atoms with van der Waals surface area (Å²) in [5.74, 6) is -1.40. The van der Waals surface area contributed by atoms with Crippen molar-refractivity contribution in [2.24, 2.45) is 0 Å². The predicted molar refractivity (Wildman–Crippen MR) is 117 cm³/mol. The van der Waals surface area contributed by atoms with Crippen LogP contribution in [0.3, 0.4) is 0 Å². The molecular formula is C22H26F4N2O4S. The van der Waals surface area contributed by atoms with E-state index in [1.165, 1.54) is 36.6 Å². The van der Waals surface area contributed by atoms with Gasteiger partial charge in [0.25, 0.3) is 0 Å². The maximum atomic E-state index is 12.9. The molecule has 0 spiro atoms. The molecule has 182 valence electrons. The fourth-order valence-electron chi connectivity index (χ4n) is 2.96. The molecule has 1 heterocycles. The summed E-state index contributed by atoms with van der Waals surface area (Å²) in [6.45, 7) is -1.38. The Labute approximate surface area is 193 Å². The topological polar surface area (TPSA) is 72.8 Å². The van der Waals surface area contributed by atoms with E-state index in [9.17, 15) is 22.7 Å². The van der Waals surface area contributed by atoms with Gasteiger partial charge in [-0.05, 0) is 56.5 Å². The molecule has 0 saturated heterocycles. The number of allylic oxidation sites excluding steroid dienone is 3. The lowest BCUT2D eigenvalue weighted by atomic mass is 9.90. The van der Waals surface area contributed by atoms with Gasteiger partial charge in [0.15, 0.2) is 11.5 Å². The average Bonchev–Trinajstić information content (AvgIpc) is 3.22. The van der Waals surface area contributed by atoms with Crippen molar-refractivity contribution >= 4 is 11.3 Å². The van der Waals surface area contributed by atoms with Crippen LogP contribution in [0.25, 0.3) is 0 Å². The maximum absolute atomic E-state index is 12.9. The summed E-state index contributed by atoms with van der Waals surface area (Å²) < 4.78 is 60.1. The van der Waals surface area contributed by atoms with Crippen molar-refractivity contribution in [1.29, 1.82) is 0 Å². The van der Waals surface area contributed by atoms with E-state index in [-0.39, 0.29) is 0 Å². The predicted octanol–water partition coefficient (Wildman–Crippen LogP) is 5.71. The third-order valence-corrected chi connectivity index (χ3v) is 5.91. The normalized spacial score (nSPS) is 13.7. The van der Waals surface area contributed by atoms with Crippen molar-refractivity contribution in [3.8, 4) is 11.5 Å². The highest BCUT2D eigenvalue weighted by Gasteiger charge is 2.26. The molecule has 0 bridgehead atoms. The minimum absolute atomic E-state index is 0.405. The molecule has 33 heavy (non-hydrogen) atoms. The smallest absolute Gasteiger partial charge is 0.387 e. The molecule has 6 nitrogen and oxygen atoms in total. The number of hydroxylamine groups is 1. The molecule has 1 unspecified atom stereocenters. The van der Waals surface area contributed by atoms with E-state index in [0.717, 1.165) is 10.5 Å². The van der Waals surface area contributed by atoms with Crippen LogP contribution in [0.2, 0.25) is 0 Å². The van der Waals surface area contributed by atoms with Gasteiger partial charge in [0.1, 0.15) is 10.6 Å². The van der Waals surface area contributed by atoms with Gasteiger partial charge in [-0.3, -0.25) is 10.3 Å². The Balaban J connectivity index is 2.53. The first-order valence-electron chi connectivity index (χ1n) is 9.87. The van der Waals surface area contributed by atoms with Crippen LogP contribution in [0.1, 0.15) is 48.6 Å². The number of aromatic nitrogens is 1. The number of nitrogens with zero attached hydrogens (tertiary/aromatic N) is 1. The standard InChI is InChI=1S/C22H26F4N2O4S/c1-5-13(8-9-28-30-4)10-15(18-12-27-19(33-18)22(2,3)29)14-6-7-16(31-20(23)24)17(11-14)32-21(25)26/h5-9,11-12,15,20-21,28-29H,10H2,1-4H3/b9-8-,13-5+. The molecule has 0 saturated carbocycles. The number of nitrogens with one attached hydrogen (secondary N) is 1. The lowest BCUT2D eigenvalue weighted by Gasteiger charge is -2.20. The zero-order valence-corrected chi connectivity index (χ0v) is 19.3. The van der Waals surface area contributed by atoms with Gasteiger partial charge >= 0.3 is 13.2 Å². The van der Waals surface area contributed by atoms with Crippen LogP contribution in [-0.2, 0) is 10.4 Å². The monoisotopic (exact) mass is 490 g/mol. The number of halogens is 4. The molecule has 1 aromatic carbocycles. The molecule has 0 fully saturated rings. The van der Waals surface area contributed by atoms with E-state index in [1.54, 1.807) is 32.3 Å². The second kappa shape index (κ2) is 12.0. The first kappa shape index (κ1) is 26.6. The number of aliphatic hydroxyl groups is 1. The zero-order valence-electron chi connectivity index (χ0n) is 18.5. The maximum Gasteiger partial charge on any atom is 0.387 e. The number of rotatable bonds is 12. The highest BCUT2D eigenvalue weighted by Crippen LogP contribution is 2.40.